The third-order valence-electron chi connectivity index (χ3n) is 6.05. The molecular formula is C28H41N3O5S. The van der Waals surface area contributed by atoms with Crippen LogP contribution in [0, 0.1) is 5.92 Å². The number of nitrogens with zero attached hydrogens (tertiary/aromatic N) is 2. The van der Waals surface area contributed by atoms with E-state index in [0.29, 0.717) is 49.7 Å². The fourth-order valence-corrected chi connectivity index (χ4v) is 5.05. The molecule has 2 aromatic rings. The van der Waals surface area contributed by atoms with Gasteiger partial charge >= 0.3 is 0 Å². The number of methoxy groups -OCH3 is 1. The maximum absolute atomic E-state index is 13.4. The Morgan fingerprint density at radius 3 is 2.32 bits per heavy atom. The number of benzene rings is 2. The van der Waals surface area contributed by atoms with Gasteiger partial charge in [-0.05, 0) is 42.9 Å². The van der Waals surface area contributed by atoms with Crippen molar-refractivity contribution in [3.8, 4) is 5.75 Å². The second-order valence-electron chi connectivity index (χ2n) is 9.53. The van der Waals surface area contributed by atoms with E-state index in [1.54, 1.807) is 29.2 Å². The Balaban J connectivity index is 2.16. The van der Waals surface area contributed by atoms with Gasteiger partial charge in [-0.15, -0.1) is 0 Å². The van der Waals surface area contributed by atoms with Gasteiger partial charge in [0.2, 0.25) is 21.8 Å². The fourth-order valence-electron chi connectivity index (χ4n) is 4.09. The lowest BCUT2D eigenvalue weighted by Gasteiger charge is -2.31. The maximum atomic E-state index is 13.4. The zero-order valence-corrected chi connectivity index (χ0v) is 23.5. The smallest absolute Gasteiger partial charge is 0.242 e. The summed E-state index contributed by atoms with van der Waals surface area (Å²) < 4.78 is 31.5. The lowest BCUT2D eigenvalue weighted by atomic mass is 10.1. The summed E-state index contributed by atoms with van der Waals surface area (Å²) >= 11 is 0. The van der Waals surface area contributed by atoms with Gasteiger partial charge in [-0.1, -0.05) is 57.2 Å². The topological polar surface area (TPSA) is 96.0 Å². The molecule has 0 saturated carbocycles. The van der Waals surface area contributed by atoms with Crippen molar-refractivity contribution >= 4 is 27.5 Å². The van der Waals surface area contributed by atoms with Gasteiger partial charge in [0.15, 0.2) is 0 Å². The molecule has 1 unspecified atom stereocenters. The van der Waals surface area contributed by atoms with Crippen LogP contribution in [0.5, 0.6) is 5.75 Å². The highest BCUT2D eigenvalue weighted by molar-refractivity contribution is 7.92. The highest BCUT2D eigenvalue weighted by Crippen LogP contribution is 2.24. The first-order valence-electron chi connectivity index (χ1n) is 12.8. The summed E-state index contributed by atoms with van der Waals surface area (Å²) in [5.41, 5.74) is 1.56. The van der Waals surface area contributed by atoms with Crippen LogP contribution in [-0.4, -0.2) is 64.2 Å². The van der Waals surface area contributed by atoms with Crippen molar-refractivity contribution < 1.29 is 22.7 Å². The van der Waals surface area contributed by atoms with Crippen molar-refractivity contribution in [2.24, 2.45) is 5.92 Å². The van der Waals surface area contributed by atoms with Crippen LogP contribution in [0.3, 0.4) is 0 Å². The van der Waals surface area contributed by atoms with E-state index < -0.39 is 16.1 Å². The van der Waals surface area contributed by atoms with E-state index in [9.17, 15) is 18.0 Å². The number of hydrogen-bond acceptors (Lipinski definition) is 5. The molecule has 0 aromatic heterocycles. The number of anilines is 1. The summed E-state index contributed by atoms with van der Waals surface area (Å²) in [7, 11) is -2.05. The van der Waals surface area contributed by atoms with E-state index in [1.165, 1.54) is 11.4 Å². The molecule has 0 radical (unpaired) electrons. The number of sulfonamides is 1. The standard InChI is InChI=1S/C28H41N3O5S/c1-6-26(28(33)29-21-22(2)3)30(19-17-23-12-8-7-9-13-23)27(32)16-11-18-31(37(5,34)35)24-14-10-15-25(20-24)36-4/h7-10,12-15,20,22,26H,6,11,16-19,21H2,1-5H3,(H,29,33). The largest absolute Gasteiger partial charge is 0.497 e. The molecule has 0 aliphatic rings. The van der Waals surface area contributed by atoms with Crippen molar-refractivity contribution in [2.45, 2.75) is 52.5 Å². The molecule has 0 heterocycles. The molecular weight excluding hydrogens is 490 g/mol. The summed E-state index contributed by atoms with van der Waals surface area (Å²) in [6.07, 6.45) is 2.70. The molecule has 9 heteroatoms. The van der Waals surface area contributed by atoms with Crippen LogP contribution in [-0.2, 0) is 26.0 Å². The minimum absolute atomic E-state index is 0.124. The Morgan fingerprint density at radius 2 is 1.73 bits per heavy atom. The van der Waals surface area contributed by atoms with Gasteiger partial charge < -0.3 is 15.0 Å². The van der Waals surface area contributed by atoms with Crippen LogP contribution >= 0.6 is 0 Å². The van der Waals surface area contributed by atoms with Crippen molar-refractivity contribution in [2.75, 3.05) is 37.3 Å². The predicted molar refractivity (Wildman–Crippen MR) is 148 cm³/mol. The average molecular weight is 532 g/mol. The normalized spacial score (nSPS) is 12.2. The maximum Gasteiger partial charge on any atom is 0.242 e. The molecule has 0 bridgehead atoms. The SMILES string of the molecule is CCC(C(=O)NCC(C)C)N(CCc1ccccc1)C(=O)CCCN(c1cccc(OC)c1)S(C)(=O)=O. The lowest BCUT2D eigenvalue weighted by molar-refractivity contribution is -0.140. The second kappa shape index (κ2) is 14.6. The molecule has 0 aliphatic heterocycles. The van der Waals surface area contributed by atoms with E-state index in [1.807, 2.05) is 51.1 Å². The van der Waals surface area contributed by atoms with E-state index in [4.69, 9.17) is 4.74 Å². The van der Waals surface area contributed by atoms with Crippen LogP contribution in [0.15, 0.2) is 54.6 Å². The Labute approximate surface area is 222 Å². The fraction of sp³-hybridized carbons (Fsp3) is 0.500. The first-order valence-corrected chi connectivity index (χ1v) is 14.6. The van der Waals surface area contributed by atoms with Crippen molar-refractivity contribution in [1.82, 2.24) is 10.2 Å². The Kier molecular flexibility index (Phi) is 11.9. The molecule has 8 nitrogen and oxygen atoms in total. The van der Waals surface area contributed by atoms with Gasteiger partial charge in [0, 0.05) is 32.1 Å². The first-order chi connectivity index (χ1) is 17.6. The molecule has 204 valence electrons. The number of hydrogen-bond donors (Lipinski definition) is 1. The first kappa shape index (κ1) is 30.2. The van der Waals surface area contributed by atoms with Gasteiger partial charge in [0.25, 0.3) is 0 Å². The number of ether oxygens (including phenoxy) is 1. The summed E-state index contributed by atoms with van der Waals surface area (Å²) in [5.74, 6) is 0.523. The molecule has 0 fully saturated rings. The van der Waals surface area contributed by atoms with Crippen LogP contribution < -0.4 is 14.4 Å². The summed E-state index contributed by atoms with van der Waals surface area (Å²) in [6.45, 7) is 7.03. The van der Waals surface area contributed by atoms with E-state index in [0.717, 1.165) is 11.8 Å². The molecule has 37 heavy (non-hydrogen) atoms. The lowest BCUT2D eigenvalue weighted by Crippen LogP contribution is -2.50. The summed E-state index contributed by atoms with van der Waals surface area (Å²) in [6, 6.07) is 16.1. The van der Waals surface area contributed by atoms with Crippen molar-refractivity contribution in [3.05, 3.63) is 60.2 Å². The molecule has 1 N–H and O–H groups in total. The van der Waals surface area contributed by atoms with Crippen LogP contribution in [0.25, 0.3) is 0 Å². The average Bonchev–Trinajstić information content (AvgIpc) is 2.87. The van der Waals surface area contributed by atoms with Gasteiger partial charge in [0.05, 0.1) is 19.1 Å². The molecule has 0 spiro atoms. The number of nitrogens with one attached hydrogen (secondary N) is 1. The monoisotopic (exact) mass is 531 g/mol. The van der Waals surface area contributed by atoms with Gasteiger partial charge in [0.1, 0.15) is 11.8 Å². The number of rotatable bonds is 15. The summed E-state index contributed by atoms with van der Waals surface area (Å²) in [4.78, 5) is 28.1. The van der Waals surface area contributed by atoms with Gasteiger partial charge in [-0.2, -0.15) is 0 Å². The van der Waals surface area contributed by atoms with Crippen LogP contribution in [0.2, 0.25) is 0 Å². The Bertz CT molecular complexity index is 1110. The number of carbonyl (C=O) groups excluding carboxylic acids is 2. The molecule has 1 atom stereocenters. The number of amides is 2. The van der Waals surface area contributed by atoms with Gasteiger partial charge in [-0.3, -0.25) is 13.9 Å². The number of carbonyl (C=O) groups is 2. The third kappa shape index (κ3) is 9.72. The zero-order valence-electron chi connectivity index (χ0n) is 22.6. The van der Waals surface area contributed by atoms with E-state index in [-0.39, 0.29) is 24.8 Å². The summed E-state index contributed by atoms with van der Waals surface area (Å²) in [5, 5.41) is 2.96. The molecule has 2 amide bonds. The Morgan fingerprint density at radius 1 is 1.03 bits per heavy atom. The van der Waals surface area contributed by atoms with Gasteiger partial charge in [-0.25, -0.2) is 8.42 Å². The molecule has 0 saturated heterocycles. The quantitative estimate of drug-likeness (QED) is 0.377. The van der Waals surface area contributed by atoms with Crippen LogP contribution in [0.4, 0.5) is 5.69 Å². The third-order valence-corrected chi connectivity index (χ3v) is 7.24. The van der Waals surface area contributed by atoms with Crippen LogP contribution in [0.1, 0.15) is 45.6 Å². The second-order valence-corrected chi connectivity index (χ2v) is 11.4. The molecule has 0 aliphatic carbocycles. The Hall–Kier alpha value is -3.07. The van der Waals surface area contributed by atoms with Crippen molar-refractivity contribution in [1.29, 1.82) is 0 Å². The minimum atomic E-state index is -3.57. The molecule has 2 rings (SSSR count). The highest BCUT2D eigenvalue weighted by atomic mass is 32.2. The van der Waals surface area contributed by atoms with E-state index >= 15 is 0 Å². The van der Waals surface area contributed by atoms with Crippen molar-refractivity contribution in [3.63, 3.8) is 0 Å². The highest BCUT2D eigenvalue weighted by Gasteiger charge is 2.28. The predicted octanol–water partition coefficient (Wildman–Crippen LogP) is 3.86. The molecule has 2 aromatic carbocycles. The van der Waals surface area contributed by atoms with E-state index in [2.05, 4.69) is 5.32 Å². The zero-order chi connectivity index (χ0) is 27.4. The minimum Gasteiger partial charge on any atom is -0.497 e.